The van der Waals surface area contributed by atoms with Crippen LogP contribution in [0.25, 0.3) is 0 Å². The molecule has 0 bridgehead atoms. The van der Waals surface area contributed by atoms with Crippen molar-refractivity contribution in [3.63, 3.8) is 0 Å². The molecule has 0 saturated heterocycles. The summed E-state index contributed by atoms with van der Waals surface area (Å²) in [4.78, 5) is 0. The van der Waals surface area contributed by atoms with Crippen LogP contribution in [-0.4, -0.2) is 43.6 Å². The van der Waals surface area contributed by atoms with Crippen LogP contribution in [0.2, 0.25) is 0 Å². The molecule has 0 aromatic heterocycles. The fourth-order valence-corrected chi connectivity index (χ4v) is 3.42. The second-order valence-corrected chi connectivity index (χ2v) is 7.00. The van der Waals surface area contributed by atoms with Gasteiger partial charge in [0.1, 0.15) is 0 Å². The third-order valence-electron chi connectivity index (χ3n) is 3.21. The summed E-state index contributed by atoms with van der Waals surface area (Å²) in [7, 11) is -1.92. The van der Waals surface area contributed by atoms with E-state index >= 15 is 0 Å². The highest BCUT2D eigenvalue weighted by molar-refractivity contribution is 7.87. The van der Waals surface area contributed by atoms with Gasteiger partial charge in [0.2, 0.25) is 0 Å². The van der Waals surface area contributed by atoms with Gasteiger partial charge >= 0.3 is 0 Å². The van der Waals surface area contributed by atoms with Crippen LogP contribution in [0.15, 0.2) is 0 Å². The predicted octanol–water partition coefficient (Wildman–Crippen LogP) is 0.712. The summed E-state index contributed by atoms with van der Waals surface area (Å²) in [5.41, 5.74) is 0. The van der Waals surface area contributed by atoms with Gasteiger partial charge in [0.05, 0.1) is 12.1 Å². The predicted molar refractivity (Wildman–Crippen MR) is 67.8 cm³/mol. The Labute approximate surface area is 104 Å². The smallest absolute Gasteiger partial charge is 0.279 e. The van der Waals surface area contributed by atoms with Crippen molar-refractivity contribution in [3.8, 4) is 0 Å². The molecule has 1 rings (SSSR count). The lowest BCUT2D eigenvalue weighted by atomic mass is 9.93. The number of hydrogen-bond acceptors (Lipinski definition) is 3. The van der Waals surface area contributed by atoms with E-state index < -0.39 is 16.3 Å². The minimum Gasteiger partial charge on any atom is -0.391 e. The number of likely N-dealkylation sites (N-methyl/N-ethyl adjacent to an activating group) is 1. The molecule has 0 aliphatic heterocycles. The SMILES string of the molecule is CC(C)CNS(=O)(=O)N(C)C1CCCCC1O. The fraction of sp³-hybridized carbons (Fsp3) is 1.00. The maximum atomic E-state index is 12.0. The fourth-order valence-electron chi connectivity index (χ4n) is 2.07. The lowest BCUT2D eigenvalue weighted by Gasteiger charge is -2.34. The van der Waals surface area contributed by atoms with Crippen LogP contribution in [0.4, 0.5) is 0 Å². The van der Waals surface area contributed by atoms with Gasteiger partial charge in [-0.25, -0.2) is 4.72 Å². The molecule has 17 heavy (non-hydrogen) atoms. The molecule has 1 aliphatic carbocycles. The number of nitrogens with zero attached hydrogens (tertiary/aromatic N) is 1. The highest BCUT2D eigenvalue weighted by Crippen LogP contribution is 2.23. The van der Waals surface area contributed by atoms with Gasteiger partial charge < -0.3 is 5.11 Å². The molecule has 0 heterocycles. The topological polar surface area (TPSA) is 69.6 Å². The number of nitrogens with one attached hydrogen (secondary N) is 1. The van der Waals surface area contributed by atoms with Crippen LogP contribution < -0.4 is 4.72 Å². The van der Waals surface area contributed by atoms with Gasteiger partial charge in [-0.3, -0.25) is 0 Å². The molecule has 0 aromatic carbocycles. The zero-order valence-corrected chi connectivity index (χ0v) is 11.7. The van der Waals surface area contributed by atoms with Gasteiger partial charge in [0, 0.05) is 13.6 Å². The van der Waals surface area contributed by atoms with Gasteiger partial charge in [-0.05, 0) is 18.8 Å². The van der Waals surface area contributed by atoms with E-state index in [0.717, 1.165) is 19.3 Å². The first-order chi connectivity index (χ1) is 7.84. The molecule has 2 unspecified atom stereocenters. The molecule has 6 heteroatoms. The summed E-state index contributed by atoms with van der Waals surface area (Å²) in [6, 6.07) is -0.284. The first-order valence-electron chi connectivity index (χ1n) is 6.25. The number of rotatable bonds is 5. The van der Waals surface area contributed by atoms with Gasteiger partial charge in [0.25, 0.3) is 10.2 Å². The van der Waals surface area contributed by atoms with Gasteiger partial charge in [-0.1, -0.05) is 26.7 Å². The average Bonchev–Trinajstić information content (AvgIpc) is 2.26. The lowest BCUT2D eigenvalue weighted by molar-refractivity contribution is 0.0633. The van der Waals surface area contributed by atoms with E-state index in [4.69, 9.17) is 0 Å². The van der Waals surface area contributed by atoms with Crippen molar-refractivity contribution in [1.29, 1.82) is 0 Å². The highest BCUT2D eigenvalue weighted by Gasteiger charge is 2.33. The van der Waals surface area contributed by atoms with Crippen molar-refractivity contribution in [2.45, 2.75) is 51.7 Å². The lowest BCUT2D eigenvalue weighted by Crippen LogP contribution is -2.50. The molecule has 102 valence electrons. The van der Waals surface area contributed by atoms with Gasteiger partial charge in [-0.15, -0.1) is 0 Å². The molecule has 1 fully saturated rings. The summed E-state index contributed by atoms with van der Waals surface area (Å²) in [6.07, 6.45) is 2.84. The van der Waals surface area contributed by atoms with Gasteiger partial charge in [-0.2, -0.15) is 12.7 Å². The average molecular weight is 264 g/mol. The standard InChI is InChI=1S/C11H24N2O3S/c1-9(2)8-12-17(15,16)13(3)10-6-4-5-7-11(10)14/h9-12,14H,4-8H2,1-3H3. The Morgan fingerprint density at radius 2 is 1.94 bits per heavy atom. The summed E-state index contributed by atoms with van der Waals surface area (Å²) in [5, 5.41) is 9.85. The van der Waals surface area contributed by atoms with Crippen molar-refractivity contribution in [1.82, 2.24) is 9.03 Å². The molecule has 0 amide bonds. The largest absolute Gasteiger partial charge is 0.391 e. The number of aliphatic hydroxyl groups is 1. The van der Waals surface area contributed by atoms with Crippen LogP contribution in [0.3, 0.4) is 0 Å². The Kier molecular flexibility index (Phi) is 5.37. The molecule has 1 saturated carbocycles. The summed E-state index contributed by atoms with van der Waals surface area (Å²) in [5.74, 6) is 0.273. The van der Waals surface area contributed by atoms with E-state index in [9.17, 15) is 13.5 Å². The summed E-state index contributed by atoms with van der Waals surface area (Å²) in [6.45, 7) is 4.34. The molecular formula is C11H24N2O3S. The molecular weight excluding hydrogens is 240 g/mol. The highest BCUT2D eigenvalue weighted by atomic mass is 32.2. The molecule has 0 radical (unpaired) electrons. The Hall–Kier alpha value is -0.170. The number of hydrogen-bond donors (Lipinski definition) is 2. The van der Waals surface area contributed by atoms with E-state index in [1.54, 1.807) is 7.05 Å². The van der Waals surface area contributed by atoms with Crippen molar-refractivity contribution in [2.24, 2.45) is 5.92 Å². The second kappa shape index (κ2) is 6.13. The second-order valence-electron chi connectivity index (χ2n) is 5.18. The molecule has 0 spiro atoms. The Bertz CT molecular complexity index is 330. The number of aliphatic hydroxyl groups excluding tert-OH is 1. The Morgan fingerprint density at radius 1 is 1.35 bits per heavy atom. The molecule has 0 aromatic rings. The van der Waals surface area contributed by atoms with Crippen molar-refractivity contribution < 1.29 is 13.5 Å². The van der Waals surface area contributed by atoms with Crippen molar-refractivity contribution >= 4 is 10.2 Å². The third kappa shape index (κ3) is 4.21. The Morgan fingerprint density at radius 3 is 2.47 bits per heavy atom. The minimum atomic E-state index is -3.46. The third-order valence-corrected chi connectivity index (χ3v) is 4.77. The molecule has 2 atom stereocenters. The van der Waals surface area contributed by atoms with E-state index in [1.807, 2.05) is 13.8 Å². The van der Waals surface area contributed by atoms with Crippen LogP contribution in [0, 0.1) is 5.92 Å². The maximum Gasteiger partial charge on any atom is 0.279 e. The van der Waals surface area contributed by atoms with E-state index in [2.05, 4.69) is 4.72 Å². The van der Waals surface area contributed by atoms with Crippen LogP contribution in [0.1, 0.15) is 39.5 Å². The summed E-state index contributed by atoms with van der Waals surface area (Å²) >= 11 is 0. The molecule has 5 nitrogen and oxygen atoms in total. The van der Waals surface area contributed by atoms with E-state index in [1.165, 1.54) is 4.31 Å². The van der Waals surface area contributed by atoms with Crippen LogP contribution >= 0.6 is 0 Å². The van der Waals surface area contributed by atoms with Gasteiger partial charge in [0.15, 0.2) is 0 Å². The normalized spacial score (nSPS) is 26.7. The van der Waals surface area contributed by atoms with E-state index in [0.29, 0.717) is 13.0 Å². The molecule has 1 aliphatic rings. The minimum absolute atomic E-state index is 0.273. The zero-order valence-electron chi connectivity index (χ0n) is 10.9. The first-order valence-corrected chi connectivity index (χ1v) is 7.69. The molecule has 2 N–H and O–H groups in total. The van der Waals surface area contributed by atoms with Crippen molar-refractivity contribution in [2.75, 3.05) is 13.6 Å². The van der Waals surface area contributed by atoms with Crippen LogP contribution in [-0.2, 0) is 10.2 Å². The quantitative estimate of drug-likeness (QED) is 0.768. The maximum absolute atomic E-state index is 12.0. The first kappa shape index (κ1) is 14.9. The van der Waals surface area contributed by atoms with Crippen LogP contribution in [0.5, 0.6) is 0 Å². The van der Waals surface area contributed by atoms with Crippen molar-refractivity contribution in [3.05, 3.63) is 0 Å². The zero-order chi connectivity index (χ0) is 13.1. The monoisotopic (exact) mass is 264 g/mol. The van der Waals surface area contributed by atoms with E-state index in [-0.39, 0.29) is 12.0 Å². The summed E-state index contributed by atoms with van der Waals surface area (Å²) < 4.78 is 27.8. The Balaban J connectivity index is 2.63.